The number of fused-ring (bicyclic) bond motifs is 1. The number of carbonyl (C=O) groups is 1. The van der Waals surface area contributed by atoms with E-state index in [1.165, 1.54) is 4.68 Å². The van der Waals surface area contributed by atoms with E-state index >= 15 is 0 Å². The lowest BCUT2D eigenvalue weighted by Crippen LogP contribution is -2.09. The predicted octanol–water partition coefficient (Wildman–Crippen LogP) is 1.52. The van der Waals surface area contributed by atoms with Crippen LogP contribution in [0.3, 0.4) is 0 Å². The molecule has 0 saturated carbocycles. The molecule has 0 saturated heterocycles. The van der Waals surface area contributed by atoms with Crippen LogP contribution in [0.2, 0.25) is 0 Å². The molecule has 0 aliphatic carbocycles. The Hall–Kier alpha value is -2.96. The first-order valence-corrected chi connectivity index (χ1v) is 6.41. The maximum Gasteiger partial charge on any atom is 0.325 e. The number of rotatable bonds is 5. The van der Waals surface area contributed by atoms with Crippen LogP contribution in [0.5, 0.6) is 0 Å². The number of hydrogen-bond donors (Lipinski definition) is 2. The number of hydrogen-bond acceptors (Lipinski definition) is 5. The molecule has 0 fully saturated rings. The summed E-state index contributed by atoms with van der Waals surface area (Å²) in [7, 11) is 0. The lowest BCUT2D eigenvalue weighted by atomic mass is 10.2. The van der Waals surface area contributed by atoms with E-state index in [1.807, 2.05) is 36.4 Å². The van der Waals surface area contributed by atoms with E-state index < -0.39 is 5.97 Å². The molecule has 7 nitrogen and oxygen atoms in total. The van der Waals surface area contributed by atoms with Gasteiger partial charge in [-0.05, 0) is 18.2 Å². The van der Waals surface area contributed by atoms with E-state index in [-0.39, 0.29) is 6.54 Å². The molecule has 0 amide bonds. The van der Waals surface area contributed by atoms with Gasteiger partial charge in [0.05, 0.1) is 18.3 Å². The van der Waals surface area contributed by atoms with Gasteiger partial charge in [-0.3, -0.25) is 4.79 Å². The van der Waals surface area contributed by atoms with Gasteiger partial charge in [-0.1, -0.05) is 23.4 Å². The van der Waals surface area contributed by atoms with Crippen molar-refractivity contribution in [3.8, 4) is 0 Å². The first-order valence-electron chi connectivity index (χ1n) is 6.41. The van der Waals surface area contributed by atoms with Crippen molar-refractivity contribution in [1.82, 2.24) is 20.0 Å². The molecule has 1 aromatic carbocycles. The van der Waals surface area contributed by atoms with E-state index in [1.54, 1.807) is 6.20 Å². The van der Waals surface area contributed by atoms with Crippen LogP contribution in [0, 0.1) is 0 Å². The number of carboxylic acid groups (broad SMARTS) is 1. The van der Waals surface area contributed by atoms with Gasteiger partial charge in [0.1, 0.15) is 18.1 Å². The summed E-state index contributed by atoms with van der Waals surface area (Å²) < 4.78 is 1.28. The summed E-state index contributed by atoms with van der Waals surface area (Å²) in [5.41, 5.74) is 1.57. The van der Waals surface area contributed by atoms with E-state index in [9.17, 15) is 4.79 Å². The number of aromatic nitrogens is 4. The smallest absolute Gasteiger partial charge is 0.325 e. The Kier molecular flexibility index (Phi) is 3.46. The van der Waals surface area contributed by atoms with Gasteiger partial charge in [0, 0.05) is 5.39 Å². The third kappa shape index (κ3) is 3.14. The van der Waals surface area contributed by atoms with E-state index in [0.29, 0.717) is 12.2 Å². The number of para-hydroxylation sites is 1. The molecule has 3 aromatic rings. The molecule has 2 N–H and O–H groups in total. The molecule has 0 aliphatic heterocycles. The summed E-state index contributed by atoms with van der Waals surface area (Å²) in [6, 6.07) is 11.7. The topological polar surface area (TPSA) is 92.9 Å². The molecule has 21 heavy (non-hydrogen) atoms. The highest BCUT2D eigenvalue weighted by atomic mass is 16.4. The number of nitrogens with one attached hydrogen (secondary N) is 1. The largest absolute Gasteiger partial charge is 0.480 e. The summed E-state index contributed by atoms with van der Waals surface area (Å²) in [5, 5.41) is 20.5. The first-order chi connectivity index (χ1) is 10.2. The summed E-state index contributed by atoms with van der Waals surface area (Å²) >= 11 is 0. The van der Waals surface area contributed by atoms with Crippen molar-refractivity contribution in [2.45, 2.75) is 13.1 Å². The average Bonchev–Trinajstić information content (AvgIpc) is 2.91. The molecule has 0 bridgehead atoms. The molecule has 2 aromatic heterocycles. The monoisotopic (exact) mass is 283 g/mol. The van der Waals surface area contributed by atoms with Crippen LogP contribution < -0.4 is 5.32 Å². The molecule has 0 radical (unpaired) electrons. The quantitative estimate of drug-likeness (QED) is 0.737. The fourth-order valence-corrected chi connectivity index (χ4v) is 1.98. The fraction of sp³-hybridized carbons (Fsp3) is 0.143. The zero-order valence-corrected chi connectivity index (χ0v) is 11.1. The maximum absolute atomic E-state index is 10.6. The van der Waals surface area contributed by atoms with Crippen molar-refractivity contribution in [2.75, 3.05) is 5.32 Å². The van der Waals surface area contributed by atoms with Crippen LogP contribution >= 0.6 is 0 Å². The van der Waals surface area contributed by atoms with Gasteiger partial charge in [-0.25, -0.2) is 9.67 Å². The zero-order chi connectivity index (χ0) is 14.7. The van der Waals surface area contributed by atoms with Gasteiger partial charge in [0.15, 0.2) is 0 Å². The number of anilines is 1. The number of benzene rings is 1. The van der Waals surface area contributed by atoms with Crippen molar-refractivity contribution in [3.63, 3.8) is 0 Å². The average molecular weight is 283 g/mol. The molecular formula is C14H13N5O2. The van der Waals surface area contributed by atoms with Crippen molar-refractivity contribution >= 4 is 22.7 Å². The Morgan fingerprint density at radius 2 is 2.10 bits per heavy atom. The SMILES string of the molecule is O=C(O)Cn1cc(CNc2ccc3ccccc3n2)nn1. The van der Waals surface area contributed by atoms with Crippen molar-refractivity contribution in [1.29, 1.82) is 0 Å². The van der Waals surface area contributed by atoms with Crippen LogP contribution in [0.1, 0.15) is 5.69 Å². The summed E-state index contributed by atoms with van der Waals surface area (Å²) in [5.74, 6) is -0.211. The van der Waals surface area contributed by atoms with E-state index in [4.69, 9.17) is 5.11 Å². The fourth-order valence-electron chi connectivity index (χ4n) is 1.98. The van der Waals surface area contributed by atoms with Crippen LogP contribution in [0.25, 0.3) is 10.9 Å². The third-order valence-electron chi connectivity index (χ3n) is 2.93. The maximum atomic E-state index is 10.6. The lowest BCUT2D eigenvalue weighted by molar-refractivity contribution is -0.137. The second kappa shape index (κ2) is 5.58. The van der Waals surface area contributed by atoms with Gasteiger partial charge < -0.3 is 10.4 Å². The van der Waals surface area contributed by atoms with Gasteiger partial charge in [0.25, 0.3) is 0 Å². The molecule has 106 valence electrons. The molecule has 7 heteroatoms. The predicted molar refractivity (Wildman–Crippen MR) is 76.7 cm³/mol. The standard InChI is InChI=1S/C14H13N5O2/c20-14(21)9-19-8-11(17-18-19)7-15-13-6-5-10-3-1-2-4-12(10)16-13/h1-6,8H,7,9H2,(H,15,16)(H,20,21). The van der Waals surface area contributed by atoms with E-state index in [2.05, 4.69) is 20.6 Å². The summed E-state index contributed by atoms with van der Waals surface area (Å²) in [6.45, 7) is 0.242. The van der Waals surface area contributed by atoms with Gasteiger partial charge in [-0.2, -0.15) is 0 Å². The highest BCUT2D eigenvalue weighted by Gasteiger charge is 2.04. The Labute approximate surface area is 120 Å². The van der Waals surface area contributed by atoms with Gasteiger partial charge >= 0.3 is 5.97 Å². The molecule has 0 atom stereocenters. The molecule has 0 unspecified atom stereocenters. The van der Waals surface area contributed by atoms with E-state index in [0.717, 1.165) is 16.7 Å². The van der Waals surface area contributed by atoms with Crippen molar-refractivity contribution in [2.24, 2.45) is 0 Å². The molecule has 0 spiro atoms. The van der Waals surface area contributed by atoms with Crippen LogP contribution in [0.4, 0.5) is 5.82 Å². The lowest BCUT2D eigenvalue weighted by Gasteiger charge is -2.04. The highest BCUT2D eigenvalue weighted by Crippen LogP contribution is 2.14. The minimum atomic E-state index is -0.949. The molecule has 2 heterocycles. The number of aliphatic carboxylic acids is 1. The number of carboxylic acids is 1. The van der Waals surface area contributed by atoms with Crippen molar-refractivity contribution in [3.05, 3.63) is 48.3 Å². The van der Waals surface area contributed by atoms with Crippen LogP contribution in [-0.2, 0) is 17.9 Å². The summed E-state index contributed by atoms with van der Waals surface area (Å²) in [4.78, 5) is 15.1. The molecular weight excluding hydrogens is 270 g/mol. The van der Waals surface area contributed by atoms with Crippen LogP contribution in [0.15, 0.2) is 42.6 Å². The normalized spacial score (nSPS) is 10.7. The second-order valence-corrected chi connectivity index (χ2v) is 4.54. The number of nitrogens with zero attached hydrogens (tertiary/aromatic N) is 4. The second-order valence-electron chi connectivity index (χ2n) is 4.54. The molecule has 0 aliphatic rings. The van der Waals surface area contributed by atoms with Crippen molar-refractivity contribution < 1.29 is 9.90 Å². The minimum absolute atomic E-state index is 0.193. The first kappa shape index (κ1) is 13.0. The Morgan fingerprint density at radius 3 is 2.95 bits per heavy atom. The minimum Gasteiger partial charge on any atom is -0.480 e. The third-order valence-corrected chi connectivity index (χ3v) is 2.93. The van der Waals surface area contributed by atoms with Crippen LogP contribution in [-0.4, -0.2) is 31.1 Å². The highest BCUT2D eigenvalue weighted by molar-refractivity contribution is 5.80. The Bertz CT molecular complexity index is 784. The Morgan fingerprint density at radius 1 is 1.24 bits per heavy atom. The Balaban J connectivity index is 1.68. The zero-order valence-electron chi connectivity index (χ0n) is 11.1. The van der Waals surface area contributed by atoms with Gasteiger partial charge in [0.2, 0.25) is 0 Å². The summed E-state index contributed by atoms with van der Waals surface area (Å²) in [6.07, 6.45) is 1.60. The molecule has 3 rings (SSSR count). The number of pyridine rings is 1. The van der Waals surface area contributed by atoms with Gasteiger partial charge in [-0.15, -0.1) is 5.10 Å².